The fourth-order valence-corrected chi connectivity index (χ4v) is 1.24. The Morgan fingerprint density at radius 2 is 2.12 bits per heavy atom. The number of amides is 1. The molecule has 0 aliphatic heterocycles. The van der Waals surface area contributed by atoms with Crippen LogP contribution in [0.4, 0.5) is 8.78 Å². The number of carbonyl (C=O) groups excluding carboxylic acids is 1. The van der Waals surface area contributed by atoms with Gasteiger partial charge >= 0.3 is 0 Å². The average Bonchev–Trinajstić information content (AvgIpc) is 2.16. The lowest BCUT2D eigenvalue weighted by Crippen LogP contribution is -2.35. The maximum absolute atomic E-state index is 13.3. The van der Waals surface area contributed by atoms with Crippen LogP contribution in [0.1, 0.15) is 18.0 Å². The molecule has 1 rings (SSSR count). The summed E-state index contributed by atoms with van der Waals surface area (Å²) in [4.78, 5) is 11.2. The van der Waals surface area contributed by atoms with Crippen molar-refractivity contribution in [3.63, 3.8) is 0 Å². The number of halogens is 2. The van der Waals surface area contributed by atoms with Crippen LogP contribution in [0.5, 0.6) is 0 Å². The van der Waals surface area contributed by atoms with Gasteiger partial charge in [-0.15, -0.1) is 0 Å². The molecule has 1 atom stereocenters. The molecule has 0 saturated heterocycles. The normalized spacial score (nSPS) is 12.3. The third kappa shape index (κ3) is 2.98. The first-order valence-corrected chi connectivity index (χ1v) is 4.63. The highest BCUT2D eigenvalue weighted by Crippen LogP contribution is 2.19. The van der Waals surface area contributed by atoms with Crippen LogP contribution in [0.2, 0.25) is 0 Å². The molecule has 0 aromatic heterocycles. The molecule has 16 heavy (non-hydrogen) atoms. The summed E-state index contributed by atoms with van der Waals surface area (Å²) in [6.07, 6.45) is -0.129. The molecule has 0 aliphatic carbocycles. The zero-order chi connectivity index (χ0) is 12.3. The van der Waals surface area contributed by atoms with Crippen molar-refractivity contribution in [3.8, 4) is 0 Å². The summed E-state index contributed by atoms with van der Waals surface area (Å²) in [5.74, 6) is 3.33. The van der Waals surface area contributed by atoms with Crippen LogP contribution in [-0.4, -0.2) is 18.0 Å². The second-order valence-electron chi connectivity index (χ2n) is 3.48. The van der Waals surface area contributed by atoms with E-state index in [1.807, 2.05) is 0 Å². The molecule has 1 amide bonds. The summed E-state index contributed by atoms with van der Waals surface area (Å²) in [6.45, 7) is 0. The van der Waals surface area contributed by atoms with E-state index in [0.717, 1.165) is 17.1 Å². The van der Waals surface area contributed by atoms with Crippen LogP contribution in [0.25, 0.3) is 0 Å². The van der Waals surface area contributed by atoms with Gasteiger partial charge < -0.3 is 5.73 Å². The Hall–Kier alpha value is -1.53. The van der Waals surface area contributed by atoms with Crippen molar-refractivity contribution in [3.05, 3.63) is 35.4 Å². The standard InChI is InChI=1S/C10H13F2N3O/c1-15(14)10(16)5-9(13)7-3-2-6(11)4-8(7)12/h2-4,9H,5,13-14H2,1H3. The molecule has 1 aromatic rings. The number of nitrogens with two attached hydrogens (primary N) is 2. The van der Waals surface area contributed by atoms with Crippen LogP contribution in [0.3, 0.4) is 0 Å². The van der Waals surface area contributed by atoms with Crippen molar-refractivity contribution in [2.75, 3.05) is 7.05 Å². The monoisotopic (exact) mass is 229 g/mol. The maximum Gasteiger partial charge on any atom is 0.238 e. The van der Waals surface area contributed by atoms with Gasteiger partial charge in [0.05, 0.1) is 0 Å². The van der Waals surface area contributed by atoms with Crippen molar-refractivity contribution in [1.82, 2.24) is 5.01 Å². The SMILES string of the molecule is CN(N)C(=O)CC(N)c1ccc(F)cc1F. The van der Waals surface area contributed by atoms with Gasteiger partial charge in [0, 0.05) is 31.1 Å². The number of nitrogens with zero attached hydrogens (tertiary/aromatic N) is 1. The topological polar surface area (TPSA) is 72.3 Å². The van der Waals surface area contributed by atoms with Crippen LogP contribution >= 0.6 is 0 Å². The van der Waals surface area contributed by atoms with Crippen LogP contribution < -0.4 is 11.6 Å². The first kappa shape index (κ1) is 12.5. The van der Waals surface area contributed by atoms with Gasteiger partial charge in [0.15, 0.2) is 0 Å². The molecular formula is C10H13F2N3O. The third-order valence-corrected chi connectivity index (χ3v) is 2.15. The van der Waals surface area contributed by atoms with Gasteiger partial charge in [0.1, 0.15) is 11.6 Å². The minimum Gasteiger partial charge on any atom is -0.323 e. The van der Waals surface area contributed by atoms with Crippen molar-refractivity contribution in [1.29, 1.82) is 0 Å². The lowest BCUT2D eigenvalue weighted by Gasteiger charge is -2.15. The molecule has 0 aliphatic rings. The molecule has 88 valence electrons. The van der Waals surface area contributed by atoms with Gasteiger partial charge in [-0.1, -0.05) is 6.07 Å². The quantitative estimate of drug-likeness (QED) is 0.455. The van der Waals surface area contributed by atoms with Crippen LogP contribution in [0.15, 0.2) is 18.2 Å². The maximum atomic E-state index is 13.3. The molecule has 4 N–H and O–H groups in total. The summed E-state index contributed by atoms with van der Waals surface area (Å²) < 4.78 is 25.9. The van der Waals surface area contributed by atoms with E-state index in [0.29, 0.717) is 0 Å². The highest BCUT2D eigenvalue weighted by atomic mass is 19.1. The predicted molar refractivity (Wildman–Crippen MR) is 54.9 cm³/mol. The van der Waals surface area contributed by atoms with Crippen molar-refractivity contribution < 1.29 is 13.6 Å². The number of hydrazine groups is 1. The minimum absolute atomic E-state index is 0.0941. The summed E-state index contributed by atoms with van der Waals surface area (Å²) in [5.41, 5.74) is 5.71. The fourth-order valence-electron chi connectivity index (χ4n) is 1.24. The van der Waals surface area contributed by atoms with Crippen molar-refractivity contribution in [2.24, 2.45) is 11.6 Å². The van der Waals surface area contributed by atoms with E-state index in [2.05, 4.69) is 0 Å². The average molecular weight is 229 g/mol. The summed E-state index contributed by atoms with van der Waals surface area (Å²) in [6, 6.07) is 2.21. The molecule has 0 spiro atoms. The molecule has 6 heteroatoms. The van der Waals surface area contributed by atoms with E-state index in [1.165, 1.54) is 13.1 Å². The minimum atomic E-state index is -0.834. The van der Waals surface area contributed by atoms with E-state index in [-0.39, 0.29) is 12.0 Å². The van der Waals surface area contributed by atoms with Gasteiger partial charge in [-0.05, 0) is 6.07 Å². The molecule has 0 bridgehead atoms. The van der Waals surface area contributed by atoms with Crippen LogP contribution in [-0.2, 0) is 4.79 Å². The van der Waals surface area contributed by atoms with Crippen LogP contribution in [0, 0.1) is 11.6 Å². The molecular weight excluding hydrogens is 216 g/mol. The molecule has 0 fully saturated rings. The lowest BCUT2D eigenvalue weighted by molar-refractivity contribution is -0.130. The second kappa shape index (κ2) is 5.00. The smallest absolute Gasteiger partial charge is 0.238 e. The van der Waals surface area contributed by atoms with Crippen molar-refractivity contribution >= 4 is 5.91 Å². The Morgan fingerprint density at radius 3 is 2.62 bits per heavy atom. The highest BCUT2D eigenvalue weighted by Gasteiger charge is 2.17. The molecule has 0 saturated carbocycles. The van der Waals surface area contributed by atoms with Gasteiger partial charge in [-0.2, -0.15) is 0 Å². The third-order valence-electron chi connectivity index (χ3n) is 2.15. The Morgan fingerprint density at radius 1 is 1.50 bits per heavy atom. The molecule has 1 unspecified atom stereocenters. The first-order chi connectivity index (χ1) is 7.41. The number of hydrogen-bond donors (Lipinski definition) is 2. The molecule has 1 aromatic carbocycles. The first-order valence-electron chi connectivity index (χ1n) is 4.63. The van der Waals surface area contributed by atoms with E-state index in [4.69, 9.17) is 11.6 Å². The number of carbonyl (C=O) groups is 1. The Balaban J connectivity index is 2.80. The zero-order valence-corrected chi connectivity index (χ0v) is 8.78. The Kier molecular flexibility index (Phi) is 3.92. The van der Waals surface area contributed by atoms with E-state index < -0.39 is 23.6 Å². The van der Waals surface area contributed by atoms with E-state index in [9.17, 15) is 13.6 Å². The molecule has 4 nitrogen and oxygen atoms in total. The highest BCUT2D eigenvalue weighted by molar-refractivity contribution is 5.76. The molecule has 0 heterocycles. The second-order valence-corrected chi connectivity index (χ2v) is 3.48. The Bertz CT molecular complexity index is 396. The Labute approximate surface area is 91.8 Å². The van der Waals surface area contributed by atoms with Gasteiger partial charge in [0.25, 0.3) is 0 Å². The van der Waals surface area contributed by atoms with Gasteiger partial charge in [0.2, 0.25) is 5.91 Å². The van der Waals surface area contributed by atoms with E-state index >= 15 is 0 Å². The predicted octanol–water partition coefficient (Wildman–Crippen LogP) is 0.687. The molecule has 0 radical (unpaired) electrons. The summed E-state index contributed by atoms with van der Waals surface area (Å²) >= 11 is 0. The largest absolute Gasteiger partial charge is 0.323 e. The van der Waals surface area contributed by atoms with Gasteiger partial charge in [-0.3, -0.25) is 9.80 Å². The van der Waals surface area contributed by atoms with Crippen molar-refractivity contribution in [2.45, 2.75) is 12.5 Å². The fraction of sp³-hybridized carbons (Fsp3) is 0.300. The zero-order valence-electron chi connectivity index (χ0n) is 8.78. The van der Waals surface area contributed by atoms with E-state index in [1.54, 1.807) is 0 Å². The summed E-state index contributed by atoms with van der Waals surface area (Å²) in [7, 11) is 1.37. The van der Waals surface area contributed by atoms with Gasteiger partial charge in [-0.25, -0.2) is 14.6 Å². The number of hydrogen-bond acceptors (Lipinski definition) is 3. The summed E-state index contributed by atoms with van der Waals surface area (Å²) in [5, 5.41) is 0.876. The number of rotatable bonds is 3. The lowest BCUT2D eigenvalue weighted by atomic mass is 10.0. The number of benzene rings is 1.